The molecular formula is C23H20N2O2. The number of benzene rings is 2. The summed E-state index contributed by atoms with van der Waals surface area (Å²) in [7, 11) is 0. The highest BCUT2D eigenvalue weighted by atomic mass is 16.5. The van der Waals surface area contributed by atoms with Crippen molar-refractivity contribution in [3.05, 3.63) is 65.2 Å². The van der Waals surface area contributed by atoms with Gasteiger partial charge in [-0.15, -0.1) is 0 Å². The Hall–Kier alpha value is -3.32. The second-order valence-electron chi connectivity index (χ2n) is 6.95. The molecule has 1 aliphatic carbocycles. The molecule has 0 amide bonds. The van der Waals surface area contributed by atoms with Crippen LogP contribution in [0.5, 0.6) is 5.75 Å². The summed E-state index contributed by atoms with van der Waals surface area (Å²) in [6.45, 7) is 7.72. The lowest BCUT2D eigenvalue weighted by Crippen LogP contribution is -2.07. The van der Waals surface area contributed by atoms with Crippen LogP contribution in [-0.2, 0) is 12.8 Å². The first-order valence-corrected chi connectivity index (χ1v) is 9.06. The second-order valence-corrected chi connectivity index (χ2v) is 6.95. The van der Waals surface area contributed by atoms with E-state index in [1.165, 1.54) is 5.56 Å². The van der Waals surface area contributed by atoms with Gasteiger partial charge in [-0.05, 0) is 56.0 Å². The Bertz CT molecular complexity index is 1070. The molecule has 0 radical (unpaired) electrons. The van der Waals surface area contributed by atoms with Gasteiger partial charge in [-0.3, -0.25) is 0 Å². The highest BCUT2D eigenvalue weighted by molar-refractivity contribution is 5.78. The number of aromatic nitrogens is 1. The highest BCUT2D eigenvalue weighted by Crippen LogP contribution is 2.39. The summed E-state index contributed by atoms with van der Waals surface area (Å²) in [5.74, 6) is 1.32. The maximum atomic E-state index is 9.49. The molecule has 1 heterocycles. The van der Waals surface area contributed by atoms with Gasteiger partial charge >= 0.3 is 0 Å². The van der Waals surface area contributed by atoms with Crippen LogP contribution in [-0.4, -0.2) is 11.3 Å². The van der Waals surface area contributed by atoms with Gasteiger partial charge < -0.3 is 9.26 Å². The van der Waals surface area contributed by atoms with Crippen molar-refractivity contribution >= 4 is 6.08 Å². The van der Waals surface area contributed by atoms with E-state index in [1.54, 1.807) is 0 Å². The van der Waals surface area contributed by atoms with E-state index in [9.17, 15) is 5.26 Å². The lowest BCUT2D eigenvalue weighted by atomic mass is 9.87. The van der Waals surface area contributed by atoms with Gasteiger partial charge in [0.15, 0.2) is 5.76 Å². The predicted octanol–water partition coefficient (Wildman–Crippen LogP) is 5.41. The van der Waals surface area contributed by atoms with Crippen LogP contribution >= 0.6 is 0 Å². The van der Waals surface area contributed by atoms with Crippen molar-refractivity contribution in [1.82, 2.24) is 5.16 Å². The smallest absolute Gasteiger partial charge is 0.170 e. The molecule has 0 bridgehead atoms. The van der Waals surface area contributed by atoms with Crippen molar-refractivity contribution in [3.63, 3.8) is 0 Å². The molecule has 4 rings (SSSR count). The zero-order valence-corrected chi connectivity index (χ0v) is 15.5. The molecule has 0 atom stereocenters. The van der Waals surface area contributed by atoms with Gasteiger partial charge in [0.2, 0.25) is 0 Å². The van der Waals surface area contributed by atoms with Crippen LogP contribution in [0.25, 0.3) is 28.7 Å². The van der Waals surface area contributed by atoms with Gasteiger partial charge in [-0.2, -0.15) is 5.26 Å². The van der Waals surface area contributed by atoms with Crippen molar-refractivity contribution in [3.8, 4) is 34.4 Å². The van der Waals surface area contributed by atoms with Crippen molar-refractivity contribution < 1.29 is 9.26 Å². The Morgan fingerprint density at radius 1 is 1.22 bits per heavy atom. The number of nitriles is 1. The van der Waals surface area contributed by atoms with Crippen molar-refractivity contribution in [2.45, 2.75) is 32.8 Å². The van der Waals surface area contributed by atoms with E-state index in [1.807, 2.05) is 44.2 Å². The summed E-state index contributed by atoms with van der Waals surface area (Å²) in [5, 5.41) is 13.8. The molecule has 3 aromatic rings. The van der Waals surface area contributed by atoms with Crippen LogP contribution in [0.2, 0.25) is 0 Å². The summed E-state index contributed by atoms with van der Waals surface area (Å²) < 4.78 is 11.4. The van der Waals surface area contributed by atoms with Crippen LogP contribution in [0.4, 0.5) is 0 Å². The highest BCUT2D eigenvalue weighted by Gasteiger charge is 2.25. The van der Waals surface area contributed by atoms with Crippen LogP contribution in [0.1, 0.15) is 36.1 Å². The average molecular weight is 356 g/mol. The quantitative estimate of drug-likeness (QED) is 0.627. The third-order valence-corrected chi connectivity index (χ3v) is 4.78. The molecule has 134 valence electrons. The minimum absolute atomic E-state index is 0.0120. The monoisotopic (exact) mass is 356 g/mol. The molecule has 0 fully saturated rings. The van der Waals surface area contributed by atoms with Gasteiger partial charge in [-0.25, -0.2) is 0 Å². The Kier molecular flexibility index (Phi) is 4.29. The molecule has 4 heteroatoms. The maximum Gasteiger partial charge on any atom is 0.170 e. The lowest BCUT2D eigenvalue weighted by molar-refractivity contribution is 0.242. The summed E-state index contributed by atoms with van der Waals surface area (Å²) in [4.78, 5) is 0. The molecule has 0 saturated carbocycles. The van der Waals surface area contributed by atoms with E-state index >= 15 is 0 Å². The summed E-state index contributed by atoms with van der Waals surface area (Å²) in [6, 6.07) is 14.1. The van der Waals surface area contributed by atoms with Gasteiger partial charge in [0.1, 0.15) is 17.5 Å². The van der Waals surface area contributed by atoms with Crippen molar-refractivity contribution in [2.24, 2.45) is 0 Å². The minimum Gasteiger partial charge on any atom is -0.490 e. The lowest BCUT2D eigenvalue weighted by Gasteiger charge is -2.16. The number of nitrogens with zero attached hydrogens (tertiary/aromatic N) is 2. The largest absolute Gasteiger partial charge is 0.490 e. The summed E-state index contributed by atoms with van der Waals surface area (Å²) >= 11 is 0. The van der Waals surface area contributed by atoms with Crippen LogP contribution in [0, 0.1) is 11.3 Å². The molecule has 4 nitrogen and oxygen atoms in total. The van der Waals surface area contributed by atoms with Gasteiger partial charge in [-0.1, -0.05) is 36.0 Å². The molecule has 0 unspecified atom stereocenters. The van der Waals surface area contributed by atoms with E-state index in [2.05, 4.69) is 29.9 Å². The van der Waals surface area contributed by atoms with Crippen molar-refractivity contribution in [2.75, 3.05) is 0 Å². The third-order valence-electron chi connectivity index (χ3n) is 4.78. The fraction of sp³-hybridized carbons (Fsp3) is 0.217. The van der Waals surface area contributed by atoms with E-state index in [0.717, 1.165) is 46.5 Å². The third kappa shape index (κ3) is 3.02. The average Bonchev–Trinajstić information content (AvgIpc) is 3.11. The fourth-order valence-electron chi connectivity index (χ4n) is 3.53. The molecule has 0 N–H and O–H groups in total. The van der Waals surface area contributed by atoms with Crippen LogP contribution < -0.4 is 4.74 Å². The number of fused-ring (bicyclic) bond motifs is 3. The van der Waals surface area contributed by atoms with Crippen molar-refractivity contribution in [1.29, 1.82) is 5.26 Å². The molecule has 2 aromatic carbocycles. The summed E-state index contributed by atoms with van der Waals surface area (Å²) in [6.07, 6.45) is 3.65. The Morgan fingerprint density at radius 2 is 2.07 bits per heavy atom. The number of rotatable bonds is 4. The molecular weight excluding hydrogens is 336 g/mol. The van der Waals surface area contributed by atoms with Gasteiger partial charge in [0, 0.05) is 16.7 Å². The van der Waals surface area contributed by atoms with Crippen LogP contribution in [0.15, 0.2) is 47.5 Å². The predicted molar refractivity (Wildman–Crippen MR) is 105 cm³/mol. The molecule has 1 aliphatic rings. The molecule has 0 aliphatic heterocycles. The first-order valence-electron chi connectivity index (χ1n) is 9.06. The SMILES string of the molecule is C=Cc1ccc2c(c1)CCc1c-2noc1-c1ccc(OC(C)C)c(C#N)c1. The van der Waals surface area contributed by atoms with E-state index in [-0.39, 0.29) is 6.10 Å². The normalized spacial score (nSPS) is 12.2. The molecule has 27 heavy (non-hydrogen) atoms. The van der Waals surface area contributed by atoms with E-state index < -0.39 is 0 Å². The second kappa shape index (κ2) is 6.77. The van der Waals surface area contributed by atoms with Gasteiger partial charge in [0.25, 0.3) is 0 Å². The Balaban J connectivity index is 1.77. The summed E-state index contributed by atoms with van der Waals surface area (Å²) in [5.41, 5.74) is 6.81. The zero-order chi connectivity index (χ0) is 19.0. The number of hydrogen-bond donors (Lipinski definition) is 0. The van der Waals surface area contributed by atoms with E-state index in [4.69, 9.17) is 9.26 Å². The topological polar surface area (TPSA) is 59.1 Å². The first-order chi connectivity index (χ1) is 13.1. The minimum atomic E-state index is 0.0120. The first kappa shape index (κ1) is 17.1. The Morgan fingerprint density at radius 3 is 2.81 bits per heavy atom. The zero-order valence-electron chi connectivity index (χ0n) is 15.5. The Labute approximate surface area is 158 Å². The maximum absolute atomic E-state index is 9.49. The standard InChI is InChI=1S/C23H20N2O2/c1-4-15-5-8-19-16(11-15)6-9-20-22(19)25-27-23(20)17-7-10-21(26-14(2)3)18(12-17)13-24/h4-5,7-8,10-12,14H,1,6,9H2,2-3H3. The number of hydrogen-bond acceptors (Lipinski definition) is 4. The molecule has 1 aromatic heterocycles. The number of ether oxygens (including phenoxy) is 1. The van der Waals surface area contributed by atoms with Crippen LogP contribution in [0.3, 0.4) is 0 Å². The van der Waals surface area contributed by atoms with E-state index in [0.29, 0.717) is 11.3 Å². The fourth-order valence-corrected chi connectivity index (χ4v) is 3.53. The molecule has 0 saturated heterocycles. The molecule has 0 spiro atoms. The van der Waals surface area contributed by atoms with Gasteiger partial charge in [0.05, 0.1) is 11.7 Å². The number of aryl methyl sites for hydroxylation is 1.